The fraction of sp³-hybridized carbons (Fsp3) is 0.667. The highest BCUT2D eigenvalue weighted by Gasteiger charge is 2.31. The first-order chi connectivity index (χ1) is 10.2. The number of nitrogens with zero attached hydrogens (tertiary/aromatic N) is 1. The third-order valence-electron chi connectivity index (χ3n) is 4.54. The molecule has 118 valence electrons. The number of nitrogens with one attached hydrogen (secondary N) is 1. The minimum atomic E-state index is 0.179. The lowest BCUT2D eigenvalue weighted by Crippen LogP contribution is -2.47. The van der Waals surface area contributed by atoms with Crippen LogP contribution >= 0.6 is 11.8 Å². The van der Waals surface area contributed by atoms with Gasteiger partial charge in [-0.1, -0.05) is 44.2 Å². The Kier molecular flexibility index (Phi) is 6.59. The first kappa shape index (κ1) is 16.9. The summed E-state index contributed by atoms with van der Waals surface area (Å²) in [6, 6.07) is 11.8. The standard InChI is InChI=1S/C18H30N2S/c1-4-11-19-14-18(2,16-8-6-5-7-9-16)15-20(3)17-10-12-21-13-17/h5-9,17,19H,4,10-15H2,1-3H3. The Labute approximate surface area is 134 Å². The highest BCUT2D eigenvalue weighted by molar-refractivity contribution is 7.99. The van der Waals surface area contributed by atoms with Crippen LogP contribution in [0.25, 0.3) is 0 Å². The number of hydrogen-bond donors (Lipinski definition) is 1. The topological polar surface area (TPSA) is 15.3 Å². The van der Waals surface area contributed by atoms with E-state index in [2.05, 4.69) is 73.2 Å². The number of rotatable bonds is 8. The summed E-state index contributed by atoms with van der Waals surface area (Å²) in [4.78, 5) is 2.58. The third-order valence-corrected chi connectivity index (χ3v) is 5.68. The molecular weight excluding hydrogens is 276 g/mol. The lowest BCUT2D eigenvalue weighted by molar-refractivity contribution is 0.203. The van der Waals surface area contributed by atoms with Crippen molar-refractivity contribution >= 4 is 11.8 Å². The molecule has 1 aliphatic rings. The quantitative estimate of drug-likeness (QED) is 0.741. The smallest absolute Gasteiger partial charge is 0.0191 e. The Morgan fingerprint density at radius 1 is 1.33 bits per heavy atom. The fourth-order valence-corrected chi connectivity index (χ4v) is 4.48. The Morgan fingerprint density at radius 2 is 2.10 bits per heavy atom. The summed E-state index contributed by atoms with van der Waals surface area (Å²) in [7, 11) is 2.30. The van der Waals surface area contributed by atoms with Crippen LogP contribution in [0.3, 0.4) is 0 Å². The molecule has 1 saturated heterocycles. The van der Waals surface area contributed by atoms with E-state index in [-0.39, 0.29) is 5.41 Å². The van der Waals surface area contributed by atoms with E-state index in [9.17, 15) is 0 Å². The van der Waals surface area contributed by atoms with Crippen LogP contribution in [0, 0.1) is 0 Å². The highest BCUT2D eigenvalue weighted by Crippen LogP contribution is 2.28. The van der Waals surface area contributed by atoms with Crippen LogP contribution in [0.15, 0.2) is 30.3 Å². The Bertz CT molecular complexity index is 403. The van der Waals surface area contributed by atoms with Gasteiger partial charge in [0.05, 0.1) is 0 Å². The van der Waals surface area contributed by atoms with Gasteiger partial charge in [-0.3, -0.25) is 0 Å². The van der Waals surface area contributed by atoms with E-state index in [0.29, 0.717) is 0 Å². The molecule has 1 aliphatic heterocycles. The van der Waals surface area contributed by atoms with Crippen LogP contribution in [0.2, 0.25) is 0 Å². The molecule has 0 spiro atoms. The van der Waals surface area contributed by atoms with Gasteiger partial charge < -0.3 is 10.2 Å². The minimum Gasteiger partial charge on any atom is -0.316 e. The van der Waals surface area contributed by atoms with E-state index in [1.807, 2.05) is 0 Å². The molecule has 1 aromatic rings. The van der Waals surface area contributed by atoms with Crippen molar-refractivity contribution in [1.82, 2.24) is 10.2 Å². The Morgan fingerprint density at radius 3 is 2.71 bits per heavy atom. The number of hydrogen-bond acceptors (Lipinski definition) is 3. The van der Waals surface area contributed by atoms with Crippen molar-refractivity contribution in [2.75, 3.05) is 38.2 Å². The second kappa shape index (κ2) is 8.21. The van der Waals surface area contributed by atoms with Gasteiger partial charge in [0.25, 0.3) is 0 Å². The zero-order valence-corrected chi connectivity index (χ0v) is 14.6. The number of likely N-dealkylation sites (N-methyl/N-ethyl adjacent to an activating group) is 1. The van der Waals surface area contributed by atoms with Crippen LogP contribution in [-0.2, 0) is 5.41 Å². The monoisotopic (exact) mass is 306 g/mol. The van der Waals surface area contributed by atoms with Crippen molar-refractivity contribution in [3.05, 3.63) is 35.9 Å². The summed E-state index contributed by atoms with van der Waals surface area (Å²) in [6.07, 6.45) is 2.54. The Balaban J connectivity index is 2.07. The van der Waals surface area contributed by atoms with Crippen molar-refractivity contribution in [3.63, 3.8) is 0 Å². The molecule has 2 nitrogen and oxygen atoms in total. The zero-order chi connectivity index (χ0) is 15.1. The maximum atomic E-state index is 3.64. The van der Waals surface area contributed by atoms with Gasteiger partial charge in [-0.2, -0.15) is 11.8 Å². The molecular formula is C18H30N2S. The molecule has 0 saturated carbocycles. The molecule has 2 unspecified atom stereocenters. The summed E-state index contributed by atoms with van der Waals surface area (Å²) < 4.78 is 0. The molecule has 3 heteroatoms. The van der Waals surface area contributed by atoms with Crippen LogP contribution in [0.4, 0.5) is 0 Å². The molecule has 1 heterocycles. The van der Waals surface area contributed by atoms with Crippen molar-refractivity contribution in [3.8, 4) is 0 Å². The van der Waals surface area contributed by atoms with Gasteiger partial charge in [-0.25, -0.2) is 0 Å². The van der Waals surface area contributed by atoms with E-state index in [0.717, 1.165) is 25.7 Å². The van der Waals surface area contributed by atoms with Crippen molar-refractivity contribution in [2.45, 2.75) is 38.1 Å². The van der Waals surface area contributed by atoms with Gasteiger partial charge in [0.15, 0.2) is 0 Å². The Hall–Kier alpha value is -0.510. The summed E-state index contributed by atoms with van der Waals surface area (Å²) in [5, 5.41) is 3.64. The molecule has 0 radical (unpaired) electrons. The van der Waals surface area contributed by atoms with E-state index in [1.54, 1.807) is 0 Å². The molecule has 21 heavy (non-hydrogen) atoms. The molecule has 1 N–H and O–H groups in total. The summed E-state index contributed by atoms with van der Waals surface area (Å²) in [6.45, 7) is 7.91. The molecule has 0 bridgehead atoms. The lowest BCUT2D eigenvalue weighted by Gasteiger charge is -2.37. The average Bonchev–Trinajstić information content (AvgIpc) is 3.03. The molecule has 2 rings (SSSR count). The fourth-order valence-electron chi connectivity index (χ4n) is 3.18. The van der Waals surface area contributed by atoms with Crippen LogP contribution in [0.1, 0.15) is 32.3 Å². The van der Waals surface area contributed by atoms with Crippen molar-refractivity contribution in [2.24, 2.45) is 0 Å². The molecule has 1 aromatic carbocycles. The van der Waals surface area contributed by atoms with Crippen LogP contribution in [0.5, 0.6) is 0 Å². The maximum absolute atomic E-state index is 3.64. The van der Waals surface area contributed by atoms with Gasteiger partial charge in [0.2, 0.25) is 0 Å². The summed E-state index contributed by atoms with van der Waals surface area (Å²) in [5.41, 5.74) is 1.63. The second-order valence-electron chi connectivity index (χ2n) is 6.54. The molecule has 0 aromatic heterocycles. The van der Waals surface area contributed by atoms with Crippen LogP contribution in [-0.4, -0.2) is 49.1 Å². The predicted molar refractivity (Wildman–Crippen MR) is 95.3 cm³/mol. The zero-order valence-electron chi connectivity index (χ0n) is 13.8. The maximum Gasteiger partial charge on any atom is 0.0191 e. The van der Waals surface area contributed by atoms with Crippen molar-refractivity contribution < 1.29 is 0 Å². The molecule has 1 fully saturated rings. The van der Waals surface area contributed by atoms with E-state index >= 15 is 0 Å². The lowest BCUT2D eigenvalue weighted by atomic mass is 9.81. The van der Waals surface area contributed by atoms with Gasteiger partial charge in [0.1, 0.15) is 0 Å². The SMILES string of the molecule is CCCNCC(C)(CN(C)C1CCSC1)c1ccccc1. The first-order valence-corrected chi connectivity index (χ1v) is 9.35. The summed E-state index contributed by atoms with van der Waals surface area (Å²) >= 11 is 2.10. The largest absolute Gasteiger partial charge is 0.316 e. The van der Waals surface area contributed by atoms with E-state index in [4.69, 9.17) is 0 Å². The highest BCUT2D eigenvalue weighted by atomic mass is 32.2. The van der Waals surface area contributed by atoms with Gasteiger partial charge in [-0.05, 0) is 37.8 Å². The molecule has 2 atom stereocenters. The minimum absolute atomic E-state index is 0.179. The number of benzene rings is 1. The van der Waals surface area contributed by atoms with Gasteiger partial charge >= 0.3 is 0 Å². The average molecular weight is 307 g/mol. The first-order valence-electron chi connectivity index (χ1n) is 8.20. The van der Waals surface area contributed by atoms with Crippen LogP contribution < -0.4 is 5.32 Å². The van der Waals surface area contributed by atoms with E-state index < -0.39 is 0 Å². The third kappa shape index (κ3) is 4.73. The van der Waals surface area contributed by atoms with Gasteiger partial charge in [0, 0.05) is 30.3 Å². The van der Waals surface area contributed by atoms with Gasteiger partial charge in [-0.15, -0.1) is 0 Å². The normalized spacial score (nSPS) is 21.6. The molecule has 0 aliphatic carbocycles. The van der Waals surface area contributed by atoms with E-state index in [1.165, 1.54) is 29.9 Å². The predicted octanol–water partition coefficient (Wildman–Crippen LogP) is 3.38. The number of thioether (sulfide) groups is 1. The second-order valence-corrected chi connectivity index (χ2v) is 7.69. The molecule has 0 amide bonds. The van der Waals surface area contributed by atoms with Crippen molar-refractivity contribution in [1.29, 1.82) is 0 Å². The summed E-state index contributed by atoms with van der Waals surface area (Å²) in [5.74, 6) is 2.62.